The first-order chi connectivity index (χ1) is 6.31. The van der Waals surface area contributed by atoms with E-state index in [0.717, 1.165) is 5.82 Å². The number of hydrogen-bond acceptors (Lipinski definition) is 3. The van der Waals surface area contributed by atoms with Crippen molar-refractivity contribution in [2.75, 3.05) is 0 Å². The van der Waals surface area contributed by atoms with Gasteiger partial charge in [0.15, 0.2) is 11.6 Å². The first-order valence-corrected chi connectivity index (χ1v) is 3.93. The van der Waals surface area contributed by atoms with E-state index in [0.29, 0.717) is 11.5 Å². The van der Waals surface area contributed by atoms with Crippen LogP contribution in [0.15, 0.2) is 18.6 Å². The minimum atomic E-state index is -0.0303. The van der Waals surface area contributed by atoms with Crippen LogP contribution in [-0.4, -0.2) is 24.6 Å². The highest BCUT2D eigenvalue weighted by molar-refractivity contribution is 5.43. The Hall–Kier alpha value is -1.62. The second-order valence-electron chi connectivity index (χ2n) is 2.78. The van der Waals surface area contributed by atoms with Gasteiger partial charge in [-0.1, -0.05) is 0 Å². The van der Waals surface area contributed by atoms with Crippen molar-refractivity contribution in [2.45, 2.75) is 6.61 Å². The maximum Gasteiger partial charge on any atom is 0.175 e. The first-order valence-electron chi connectivity index (χ1n) is 3.93. The van der Waals surface area contributed by atoms with Gasteiger partial charge in [0, 0.05) is 19.4 Å². The summed E-state index contributed by atoms with van der Waals surface area (Å²) in [6.07, 6.45) is 5.15. The Morgan fingerprint density at radius 2 is 2.38 bits per heavy atom. The summed E-state index contributed by atoms with van der Waals surface area (Å²) < 4.78 is 1.86. The van der Waals surface area contributed by atoms with Crippen LogP contribution in [0.1, 0.15) is 5.69 Å². The van der Waals surface area contributed by atoms with E-state index in [9.17, 15) is 0 Å². The molecule has 0 aliphatic heterocycles. The summed E-state index contributed by atoms with van der Waals surface area (Å²) in [6.45, 7) is -0.0303. The van der Waals surface area contributed by atoms with Gasteiger partial charge in [-0.15, -0.1) is 0 Å². The quantitative estimate of drug-likeness (QED) is 0.695. The van der Waals surface area contributed by atoms with Gasteiger partial charge in [-0.25, -0.2) is 9.97 Å². The molecule has 2 rings (SSSR count). The molecule has 0 radical (unpaired) electrons. The van der Waals surface area contributed by atoms with E-state index in [2.05, 4.69) is 15.0 Å². The maximum atomic E-state index is 8.82. The van der Waals surface area contributed by atoms with Crippen molar-refractivity contribution in [3.63, 3.8) is 0 Å². The van der Waals surface area contributed by atoms with Gasteiger partial charge in [0.2, 0.25) is 0 Å². The average Bonchev–Trinajstić information content (AvgIpc) is 2.71. The zero-order valence-corrected chi connectivity index (χ0v) is 7.23. The van der Waals surface area contributed by atoms with Gasteiger partial charge < -0.3 is 14.7 Å². The van der Waals surface area contributed by atoms with Crippen LogP contribution in [-0.2, 0) is 13.7 Å². The third-order valence-electron chi connectivity index (χ3n) is 1.83. The van der Waals surface area contributed by atoms with Crippen molar-refractivity contribution in [2.24, 2.45) is 7.05 Å². The van der Waals surface area contributed by atoms with Crippen molar-refractivity contribution in [1.29, 1.82) is 0 Å². The van der Waals surface area contributed by atoms with E-state index in [1.165, 1.54) is 0 Å². The normalized spacial score (nSPS) is 10.6. The topological polar surface area (TPSA) is 66.7 Å². The van der Waals surface area contributed by atoms with Crippen LogP contribution < -0.4 is 0 Å². The molecule has 5 heteroatoms. The largest absolute Gasteiger partial charge is 0.390 e. The fourth-order valence-electron chi connectivity index (χ4n) is 1.15. The highest BCUT2D eigenvalue weighted by Crippen LogP contribution is 2.11. The van der Waals surface area contributed by atoms with Crippen LogP contribution in [0, 0.1) is 0 Å². The summed E-state index contributed by atoms with van der Waals surface area (Å²) in [6, 6.07) is 0. The summed E-state index contributed by atoms with van der Waals surface area (Å²) in [5.74, 6) is 1.44. The lowest BCUT2D eigenvalue weighted by Crippen LogP contribution is -1.93. The van der Waals surface area contributed by atoms with Gasteiger partial charge in [-0.2, -0.15) is 0 Å². The molecular weight excluding hydrogens is 168 g/mol. The van der Waals surface area contributed by atoms with Gasteiger partial charge in [0.1, 0.15) is 0 Å². The van der Waals surface area contributed by atoms with E-state index in [1.54, 1.807) is 12.4 Å². The molecule has 0 atom stereocenters. The van der Waals surface area contributed by atoms with E-state index in [4.69, 9.17) is 5.11 Å². The van der Waals surface area contributed by atoms with Crippen LogP contribution in [0.2, 0.25) is 0 Å². The van der Waals surface area contributed by atoms with Crippen molar-refractivity contribution >= 4 is 0 Å². The highest BCUT2D eigenvalue weighted by atomic mass is 16.3. The Labute approximate surface area is 75.1 Å². The Balaban J connectivity index is 2.41. The summed E-state index contributed by atoms with van der Waals surface area (Å²) in [7, 11) is 1.89. The zero-order valence-electron chi connectivity index (χ0n) is 7.23. The Morgan fingerprint density at radius 3 is 2.92 bits per heavy atom. The van der Waals surface area contributed by atoms with Crippen molar-refractivity contribution in [1.82, 2.24) is 19.5 Å². The molecule has 0 fully saturated rings. The summed E-state index contributed by atoms with van der Waals surface area (Å²) in [5, 5.41) is 8.82. The molecule has 2 heterocycles. The van der Waals surface area contributed by atoms with Gasteiger partial charge in [-0.05, 0) is 0 Å². The Kier molecular flexibility index (Phi) is 1.86. The predicted molar refractivity (Wildman–Crippen MR) is 46.7 cm³/mol. The number of aromatic nitrogens is 4. The van der Waals surface area contributed by atoms with Crippen LogP contribution in [0.5, 0.6) is 0 Å². The number of imidazole rings is 2. The SMILES string of the molecule is Cn1ccnc1-c1ncc(CO)[nH]1. The third kappa shape index (κ3) is 1.33. The van der Waals surface area contributed by atoms with E-state index in [-0.39, 0.29) is 6.61 Å². The van der Waals surface area contributed by atoms with Crippen molar-refractivity contribution in [3.8, 4) is 11.6 Å². The molecule has 0 unspecified atom stereocenters. The van der Waals surface area contributed by atoms with Crippen LogP contribution in [0.25, 0.3) is 11.6 Å². The molecule has 0 aliphatic carbocycles. The number of aliphatic hydroxyl groups excluding tert-OH is 1. The van der Waals surface area contributed by atoms with Crippen LogP contribution in [0.4, 0.5) is 0 Å². The number of H-pyrrole nitrogens is 1. The zero-order chi connectivity index (χ0) is 9.26. The van der Waals surface area contributed by atoms with Gasteiger partial charge in [0.25, 0.3) is 0 Å². The lowest BCUT2D eigenvalue weighted by molar-refractivity contribution is 0.277. The molecule has 0 spiro atoms. The molecular formula is C8H10N4O. The fraction of sp³-hybridized carbons (Fsp3) is 0.250. The maximum absolute atomic E-state index is 8.82. The number of nitrogens with zero attached hydrogens (tertiary/aromatic N) is 3. The Bertz CT molecular complexity index is 404. The molecule has 2 aromatic heterocycles. The smallest absolute Gasteiger partial charge is 0.175 e. The minimum absolute atomic E-state index is 0.0303. The Morgan fingerprint density at radius 1 is 1.54 bits per heavy atom. The lowest BCUT2D eigenvalue weighted by Gasteiger charge is -1.95. The molecule has 0 saturated carbocycles. The number of rotatable bonds is 2. The lowest BCUT2D eigenvalue weighted by atomic mass is 10.5. The predicted octanol–water partition coefficient (Wildman–Crippen LogP) is 0.302. The number of aryl methyl sites for hydroxylation is 1. The molecule has 13 heavy (non-hydrogen) atoms. The van der Waals surface area contributed by atoms with E-state index in [1.807, 2.05) is 17.8 Å². The van der Waals surface area contributed by atoms with Crippen LogP contribution in [0.3, 0.4) is 0 Å². The molecule has 5 nitrogen and oxygen atoms in total. The summed E-state index contributed by atoms with van der Waals surface area (Å²) in [5.41, 5.74) is 0.693. The number of aliphatic hydroxyl groups is 1. The van der Waals surface area contributed by atoms with Gasteiger partial charge in [-0.3, -0.25) is 0 Å². The summed E-state index contributed by atoms with van der Waals surface area (Å²) >= 11 is 0. The number of hydrogen-bond donors (Lipinski definition) is 2. The average molecular weight is 178 g/mol. The molecule has 0 aliphatic rings. The summed E-state index contributed by atoms with van der Waals surface area (Å²) in [4.78, 5) is 11.2. The van der Waals surface area contributed by atoms with Gasteiger partial charge >= 0.3 is 0 Å². The fourth-order valence-corrected chi connectivity index (χ4v) is 1.15. The van der Waals surface area contributed by atoms with Gasteiger partial charge in [0.05, 0.1) is 18.5 Å². The van der Waals surface area contributed by atoms with Crippen LogP contribution >= 0.6 is 0 Å². The molecule has 0 amide bonds. The standard InChI is InChI=1S/C8H10N4O/c1-12-3-2-9-8(12)7-10-4-6(5-13)11-7/h2-4,13H,5H2,1H3,(H,10,11). The monoisotopic (exact) mass is 178 g/mol. The second kappa shape index (κ2) is 3.02. The second-order valence-corrected chi connectivity index (χ2v) is 2.78. The first kappa shape index (κ1) is 8.00. The molecule has 2 N–H and O–H groups in total. The molecule has 68 valence electrons. The van der Waals surface area contributed by atoms with E-state index < -0.39 is 0 Å². The third-order valence-corrected chi connectivity index (χ3v) is 1.83. The highest BCUT2D eigenvalue weighted by Gasteiger charge is 2.06. The minimum Gasteiger partial charge on any atom is -0.390 e. The molecule has 0 aromatic carbocycles. The molecule has 0 saturated heterocycles. The number of aromatic amines is 1. The van der Waals surface area contributed by atoms with Crippen molar-refractivity contribution in [3.05, 3.63) is 24.3 Å². The number of nitrogens with one attached hydrogen (secondary N) is 1. The molecule has 2 aromatic rings. The van der Waals surface area contributed by atoms with E-state index >= 15 is 0 Å². The molecule has 0 bridgehead atoms. The van der Waals surface area contributed by atoms with Crippen molar-refractivity contribution < 1.29 is 5.11 Å².